The molecule has 0 heterocycles. The van der Waals surface area contributed by atoms with E-state index in [1.165, 1.54) is 23.1 Å². The number of hydrogen-bond acceptors (Lipinski definition) is 4. The van der Waals surface area contributed by atoms with Crippen LogP contribution in [0.4, 0.5) is 10.1 Å². The molecule has 1 fully saturated rings. The van der Waals surface area contributed by atoms with Crippen molar-refractivity contribution < 1.29 is 22.4 Å². The maximum Gasteiger partial charge on any atom is 0.244 e. The second kappa shape index (κ2) is 12.5. The van der Waals surface area contributed by atoms with E-state index in [2.05, 4.69) is 5.32 Å². The third-order valence-corrected chi connectivity index (χ3v) is 7.75. The van der Waals surface area contributed by atoms with E-state index in [1.807, 2.05) is 0 Å². The summed E-state index contributed by atoms with van der Waals surface area (Å²) >= 11 is 6.06. The highest BCUT2D eigenvalue weighted by Gasteiger charge is 2.32. The first-order chi connectivity index (χ1) is 17.1. The van der Waals surface area contributed by atoms with Crippen LogP contribution in [0, 0.1) is 5.82 Å². The summed E-state index contributed by atoms with van der Waals surface area (Å²) in [4.78, 5) is 28.4. The Hall–Kier alpha value is -2.65. The molecule has 0 aliphatic heterocycles. The highest BCUT2D eigenvalue weighted by atomic mass is 35.5. The van der Waals surface area contributed by atoms with Crippen LogP contribution in [-0.4, -0.2) is 50.0 Å². The largest absolute Gasteiger partial charge is 0.352 e. The molecular weight excluding hydrogens is 505 g/mol. The number of nitrogens with one attached hydrogen (secondary N) is 1. The fourth-order valence-corrected chi connectivity index (χ4v) is 5.52. The summed E-state index contributed by atoms with van der Waals surface area (Å²) in [5, 5.41) is 3.41. The lowest BCUT2D eigenvalue weighted by molar-refractivity contribution is -0.140. The van der Waals surface area contributed by atoms with Gasteiger partial charge in [0, 0.05) is 17.6 Å². The van der Waals surface area contributed by atoms with Crippen LogP contribution in [0.15, 0.2) is 48.5 Å². The number of carbonyl (C=O) groups excluding carboxylic acids is 2. The topological polar surface area (TPSA) is 86.8 Å². The van der Waals surface area contributed by atoms with Gasteiger partial charge in [-0.05, 0) is 55.2 Å². The number of nitrogens with zero attached hydrogens (tertiary/aromatic N) is 2. The van der Waals surface area contributed by atoms with Crippen molar-refractivity contribution >= 4 is 39.1 Å². The minimum atomic E-state index is -3.84. The number of carbonyl (C=O) groups is 2. The minimum Gasteiger partial charge on any atom is -0.352 e. The van der Waals surface area contributed by atoms with E-state index >= 15 is 0 Å². The van der Waals surface area contributed by atoms with Crippen molar-refractivity contribution in [2.45, 2.75) is 64.1 Å². The molecule has 10 heteroatoms. The van der Waals surface area contributed by atoms with E-state index < -0.39 is 34.3 Å². The van der Waals surface area contributed by atoms with Crippen LogP contribution in [0.25, 0.3) is 0 Å². The summed E-state index contributed by atoms with van der Waals surface area (Å²) in [6.07, 6.45) is 6.37. The van der Waals surface area contributed by atoms with Crippen molar-refractivity contribution in [3.8, 4) is 0 Å². The van der Waals surface area contributed by atoms with Crippen molar-refractivity contribution in [3.05, 3.63) is 64.9 Å². The van der Waals surface area contributed by atoms with Gasteiger partial charge >= 0.3 is 0 Å². The zero-order chi connectivity index (χ0) is 26.3. The highest BCUT2D eigenvalue weighted by molar-refractivity contribution is 7.92. The predicted molar refractivity (Wildman–Crippen MR) is 140 cm³/mol. The van der Waals surface area contributed by atoms with Crippen LogP contribution in [0.1, 0.15) is 51.0 Å². The first-order valence-electron chi connectivity index (χ1n) is 12.2. The molecule has 0 radical (unpaired) electrons. The Balaban J connectivity index is 1.90. The molecule has 1 saturated carbocycles. The lowest BCUT2D eigenvalue weighted by atomic mass is 9.95. The average Bonchev–Trinajstić information content (AvgIpc) is 2.83. The molecule has 0 spiro atoms. The Labute approximate surface area is 217 Å². The molecule has 36 heavy (non-hydrogen) atoms. The van der Waals surface area contributed by atoms with Crippen molar-refractivity contribution in [3.63, 3.8) is 0 Å². The molecule has 3 rings (SSSR count). The Morgan fingerprint density at radius 2 is 1.78 bits per heavy atom. The fourth-order valence-electron chi connectivity index (χ4n) is 4.50. The Bertz CT molecular complexity index is 1150. The number of benzene rings is 2. The third kappa shape index (κ3) is 7.67. The summed E-state index contributed by atoms with van der Waals surface area (Å²) in [7, 11) is -3.84. The molecule has 1 aliphatic rings. The van der Waals surface area contributed by atoms with Crippen LogP contribution in [0.3, 0.4) is 0 Å². The van der Waals surface area contributed by atoms with Crippen LogP contribution in [0.5, 0.6) is 0 Å². The quantitative estimate of drug-likeness (QED) is 0.483. The van der Waals surface area contributed by atoms with Gasteiger partial charge in [-0.2, -0.15) is 0 Å². The third-order valence-electron chi connectivity index (χ3n) is 6.38. The van der Waals surface area contributed by atoms with Gasteiger partial charge in [-0.15, -0.1) is 0 Å². The lowest BCUT2D eigenvalue weighted by Gasteiger charge is -2.34. The summed E-state index contributed by atoms with van der Waals surface area (Å²) in [6.45, 7) is 1.33. The van der Waals surface area contributed by atoms with Gasteiger partial charge in [-0.3, -0.25) is 13.9 Å². The van der Waals surface area contributed by atoms with Crippen molar-refractivity contribution in [2.75, 3.05) is 17.1 Å². The number of rotatable bonds is 10. The summed E-state index contributed by atoms with van der Waals surface area (Å²) in [6, 6.07) is 11.1. The molecule has 0 bridgehead atoms. The molecule has 0 aromatic heterocycles. The molecule has 0 unspecified atom stereocenters. The molecular formula is C26H33ClFN3O4S. The molecule has 2 amide bonds. The summed E-state index contributed by atoms with van der Waals surface area (Å²) in [5.41, 5.74) is 0.877. The van der Waals surface area contributed by atoms with Crippen molar-refractivity contribution in [2.24, 2.45) is 0 Å². The monoisotopic (exact) mass is 537 g/mol. The number of anilines is 1. The van der Waals surface area contributed by atoms with Gasteiger partial charge in [0.15, 0.2) is 0 Å². The van der Waals surface area contributed by atoms with Gasteiger partial charge in [0.1, 0.15) is 18.4 Å². The molecule has 1 atom stereocenters. The van der Waals surface area contributed by atoms with Crippen molar-refractivity contribution in [1.29, 1.82) is 0 Å². The van der Waals surface area contributed by atoms with Crippen LogP contribution >= 0.6 is 11.6 Å². The van der Waals surface area contributed by atoms with E-state index in [1.54, 1.807) is 37.3 Å². The van der Waals surface area contributed by atoms with E-state index in [0.29, 0.717) is 17.0 Å². The van der Waals surface area contributed by atoms with Gasteiger partial charge in [0.25, 0.3) is 0 Å². The van der Waals surface area contributed by atoms with Crippen LogP contribution < -0.4 is 9.62 Å². The smallest absolute Gasteiger partial charge is 0.244 e. The number of sulfonamides is 1. The molecule has 2 aromatic rings. The lowest BCUT2D eigenvalue weighted by Crippen LogP contribution is -2.53. The van der Waals surface area contributed by atoms with E-state index in [0.717, 1.165) is 42.7 Å². The Kier molecular flexibility index (Phi) is 9.73. The maximum absolute atomic E-state index is 13.7. The number of amides is 2. The van der Waals surface area contributed by atoms with Gasteiger partial charge in [0.05, 0.1) is 11.9 Å². The van der Waals surface area contributed by atoms with Gasteiger partial charge in [0.2, 0.25) is 21.8 Å². The number of halogens is 2. The van der Waals surface area contributed by atoms with Gasteiger partial charge in [-0.1, -0.05) is 56.0 Å². The molecule has 7 nitrogen and oxygen atoms in total. The number of hydrogen-bond donors (Lipinski definition) is 1. The summed E-state index contributed by atoms with van der Waals surface area (Å²) in [5.74, 6) is -1.23. The Morgan fingerprint density at radius 3 is 2.36 bits per heavy atom. The molecule has 2 aromatic carbocycles. The van der Waals surface area contributed by atoms with E-state index in [9.17, 15) is 22.4 Å². The molecule has 196 valence electrons. The standard InChI is InChI=1S/C26H33ClFN3O4S/c1-3-24(26(33)29-22-9-5-4-6-10-22)30(17-19-12-14-21(28)15-13-19)25(32)18-31(36(2,34)35)23-11-7-8-20(27)16-23/h7-8,11-16,22,24H,3-6,9-10,17-18H2,1-2H3,(H,29,33)/t24-/m1/s1. The van der Waals surface area contributed by atoms with Crippen molar-refractivity contribution in [1.82, 2.24) is 10.2 Å². The SMILES string of the molecule is CC[C@H](C(=O)NC1CCCCC1)N(Cc1ccc(F)cc1)C(=O)CN(c1cccc(Cl)c1)S(C)(=O)=O. The maximum atomic E-state index is 13.7. The first-order valence-corrected chi connectivity index (χ1v) is 14.4. The fraction of sp³-hybridized carbons (Fsp3) is 0.462. The first kappa shape index (κ1) is 27.9. The predicted octanol–water partition coefficient (Wildman–Crippen LogP) is 4.50. The molecule has 1 aliphatic carbocycles. The van der Waals surface area contributed by atoms with Gasteiger partial charge < -0.3 is 10.2 Å². The summed E-state index contributed by atoms with van der Waals surface area (Å²) < 4.78 is 39.7. The Morgan fingerprint density at radius 1 is 1.11 bits per heavy atom. The van der Waals surface area contributed by atoms with Gasteiger partial charge in [-0.25, -0.2) is 12.8 Å². The molecule has 0 saturated heterocycles. The van der Waals surface area contributed by atoms with E-state index in [-0.39, 0.29) is 24.2 Å². The molecule has 1 N–H and O–H groups in total. The van der Waals surface area contributed by atoms with Crippen LogP contribution in [-0.2, 0) is 26.2 Å². The zero-order valence-electron chi connectivity index (χ0n) is 20.6. The van der Waals surface area contributed by atoms with E-state index in [4.69, 9.17) is 11.6 Å². The van der Waals surface area contributed by atoms with Crippen LogP contribution in [0.2, 0.25) is 5.02 Å². The second-order valence-corrected chi connectivity index (χ2v) is 11.5. The zero-order valence-corrected chi connectivity index (χ0v) is 22.2. The normalized spacial score (nSPS) is 15.2. The highest BCUT2D eigenvalue weighted by Crippen LogP contribution is 2.23. The average molecular weight is 538 g/mol. The minimum absolute atomic E-state index is 0.0306. The second-order valence-electron chi connectivity index (χ2n) is 9.17.